The molecule has 2 heterocycles. The molecule has 0 saturated carbocycles. The molecule has 0 aliphatic carbocycles. The summed E-state index contributed by atoms with van der Waals surface area (Å²) in [6.45, 7) is 0.644. The number of para-hydroxylation sites is 1. The number of hydrogen-bond donors (Lipinski definition) is 1. The maximum Gasteiger partial charge on any atom is 0.261 e. The van der Waals surface area contributed by atoms with E-state index in [-0.39, 0.29) is 11.4 Å². The smallest absolute Gasteiger partial charge is 0.261 e. The lowest BCUT2D eigenvalue weighted by Crippen LogP contribution is -2.24. The molecule has 0 unspecified atom stereocenters. The lowest BCUT2D eigenvalue weighted by Gasteiger charge is -2.10. The van der Waals surface area contributed by atoms with E-state index in [0.717, 1.165) is 11.3 Å². The van der Waals surface area contributed by atoms with Gasteiger partial charge in [-0.1, -0.05) is 30.0 Å². The van der Waals surface area contributed by atoms with Crippen LogP contribution in [0.15, 0.2) is 34.2 Å². The van der Waals surface area contributed by atoms with Crippen LogP contribution in [-0.4, -0.2) is 27.5 Å². The lowest BCUT2D eigenvalue weighted by molar-refractivity contribution is 0.408. The van der Waals surface area contributed by atoms with Crippen LogP contribution in [0.5, 0.6) is 11.6 Å². The van der Waals surface area contributed by atoms with E-state index >= 15 is 0 Å². The van der Waals surface area contributed by atoms with Crippen LogP contribution in [0.3, 0.4) is 0 Å². The van der Waals surface area contributed by atoms with E-state index in [4.69, 9.17) is 4.74 Å². The standard InChI is InChI=1S/C14H14N2O3S/c1-19-11-5-3-2-4-9(11)8-10-12(17)15-14-16(13(10)18)6-7-20-14/h2-5,17H,6-8H2,1H3. The summed E-state index contributed by atoms with van der Waals surface area (Å²) in [4.78, 5) is 16.5. The van der Waals surface area contributed by atoms with Gasteiger partial charge in [0, 0.05) is 18.7 Å². The minimum Gasteiger partial charge on any atom is -0.496 e. The summed E-state index contributed by atoms with van der Waals surface area (Å²) in [5, 5.41) is 10.6. The molecule has 1 aromatic carbocycles. The summed E-state index contributed by atoms with van der Waals surface area (Å²) in [5.41, 5.74) is 1.01. The summed E-state index contributed by atoms with van der Waals surface area (Å²) in [7, 11) is 1.59. The van der Waals surface area contributed by atoms with Crippen molar-refractivity contribution in [2.75, 3.05) is 12.9 Å². The monoisotopic (exact) mass is 290 g/mol. The average Bonchev–Trinajstić information content (AvgIpc) is 2.92. The highest BCUT2D eigenvalue weighted by atomic mass is 32.2. The van der Waals surface area contributed by atoms with Crippen molar-refractivity contribution in [2.45, 2.75) is 18.1 Å². The van der Waals surface area contributed by atoms with E-state index in [1.54, 1.807) is 11.7 Å². The molecule has 1 aliphatic rings. The topological polar surface area (TPSA) is 64.3 Å². The number of methoxy groups -OCH3 is 1. The highest BCUT2D eigenvalue weighted by Crippen LogP contribution is 2.27. The number of fused-ring (bicyclic) bond motifs is 1. The first-order valence-corrected chi connectivity index (χ1v) is 7.26. The highest BCUT2D eigenvalue weighted by Gasteiger charge is 2.21. The quantitative estimate of drug-likeness (QED) is 0.871. The number of benzene rings is 1. The first-order chi connectivity index (χ1) is 9.70. The molecule has 2 aromatic rings. The first kappa shape index (κ1) is 13.1. The largest absolute Gasteiger partial charge is 0.496 e. The molecule has 0 radical (unpaired) electrons. The number of ether oxygens (including phenoxy) is 1. The van der Waals surface area contributed by atoms with Crippen LogP contribution in [0.2, 0.25) is 0 Å². The molecule has 0 saturated heterocycles. The van der Waals surface area contributed by atoms with Crippen molar-refractivity contribution in [3.63, 3.8) is 0 Å². The predicted molar refractivity (Wildman–Crippen MR) is 76.7 cm³/mol. The van der Waals surface area contributed by atoms with Gasteiger partial charge in [-0.05, 0) is 11.6 Å². The third-order valence-electron chi connectivity index (χ3n) is 3.31. The Hall–Kier alpha value is -1.95. The minimum atomic E-state index is -0.179. The highest BCUT2D eigenvalue weighted by molar-refractivity contribution is 7.99. The number of aromatic hydroxyl groups is 1. The summed E-state index contributed by atoms with van der Waals surface area (Å²) in [6, 6.07) is 7.46. The maximum absolute atomic E-state index is 12.4. The zero-order valence-electron chi connectivity index (χ0n) is 11.0. The van der Waals surface area contributed by atoms with Crippen molar-refractivity contribution in [1.29, 1.82) is 0 Å². The molecule has 0 spiro atoms. The zero-order valence-corrected chi connectivity index (χ0v) is 11.8. The van der Waals surface area contributed by atoms with Gasteiger partial charge in [-0.25, -0.2) is 0 Å². The Balaban J connectivity index is 2.06. The zero-order chi connectivity index (χ0) is 14.1. The Morgan fingerprint density at radius 2 is 2.25 bits per heavy atom. The summed E-state index contributed by atoms with van der Waals surface area (Å²) < 4.78 is 6.90. The van der Waals surface area contributed by atoms with Crippen LogP contribution in [0.4, 0.5) is 0 Å². The lowest BCUT2D eigenvalue weighted by atomic mass is 10.1. The second-order valence-electron chi connectivity index (χ2n) is 4.49. The molecule has 1 aliphatic heterocycles. The minimum absolute atomic E-state index is 0.164. The number of aromatic nitrogens is 2. The molecule has 104 valence electrons. The van der Waals surface area contributed by atoms with Crippen molar-refractivity contribution in [3.05, 3.63) is 45.7 Å². The number of nitrogens with zero attached hydrogens (tertiary/aromatic N) is 2. The predicted octanol–water partition coefficient (Wildman–Crippen LogP) is 1.65. The van der Waals surface area contributed by atoms with E-state index in [0.29, 0.717) is 29.4 Å². The Bertz CT molecular complexity index is 712. The van der Waals surface area contributed by atoms with Gasteiger partial charge in [0.15, 0.2) is 5.16 Å². The first-order valence-electron chi connectivity index (χ1n) is 6.28. The van der Waals surface area contributed by atoms with Crippen LogP contribution >= 0.6 is 11.8 Å². The molecule has 20 heavy (non-hydrogen) atoms. The van der Waals surface area contributed by atoms with E-state index in [9.17, 15) is 9.90 Å². The molecule has 5 nitrogen and oxygen atoms in total. The fraction of sp³-hybridized carbons (Fsp3) is 0.286. The van der Waals surface area contributed by atoms with Gasteiger partial charge in [0.05, 0.1) is 12.7 Å². The number of rotatable bonds is 3. The Morgan fingerprint density at radius 1 is 1.45 bits per heavy atom. The fourth-order valence-corrected chi connectivity index (χ4v) is 3.23. The van der Waals surface area contributed by atoms with Crippen molar-refractivity contribution >= 4 is 11.8 Å². The van der Waals surface area contributed by atoms with Gasteiger partial charge < -0.3 is 9.84 Å². The SMILES string of the molecule is COc1ccccc1Cc1c(O)nc2n(c1=O)CCS2. The van der Waals surface area contributed by atoms with Gasteiger partial charge in [0.1, 0.15) is 5.75 Å². The molecular weight excluding hydrogens is 276 g/mol. The van der Waals surface area contributed by atoms with Crippen LogP contribution in [0, 0.1) is 0 Å². The molecule has 1 N–H and O–H groups in total. The number of hydrogen-bond acceptors (Lipinski definition) is 5. The van der Waals surface area contributed by atoms with Crippen molar-refractivity contribution in [1.82, 2.24) is 9.55 Å². The second kappa shape index (κ2) is 5.20. The van der Waals surface area contributed by atoms with Crippen molar-refractivity contribution in [3.8, 4) is 11.6 Å². The van der Waals surface area contributed by atoms with Crippen molar-refractivity contribution < 1.29 is 9.84 Å². The molecule has 3 rings (SSSR count). The van der Waals surface area contributed by atoms with Gasteiger partial charge in [0.2, 0.25) is 5.88 Å². The van der Waals surface area contributed by atoms with Crippen LogP contribution < -0.4 is 10.3 Å². The molecule has 0 amide bonds. The molecule has 6 heteroatoms. The van der Waals surface area contributed by atoms with Crippen LogP contribution in [-0.2, 0) is 13.0 Å². The second-order valence-corrected chi connectivity index (χ2v) is 5.55. The van der Waals surface area contributed by atoms with Crippen molar-refractivity contribution in [2.24, 2.45) is 0 Å². The summed E-state index contributed by atoms with van der Waals surface area (Å²) >= 11 is 1.49. The number of thioether (sulfide) groups is 1. The van der Waals surface area contributed by atoms with Gasteiger partial charge in [0.25, 0.3) is 5.56 Å². The summed E-state index contributed by atoms with van der Waals surface area (Å²) in [6.07, 6.45) is 0.312. The molecular formula is C14H14N2O3S. The van der Waals surface area contributed by atoms with E-state index in [1.165, 1.54) is 11.8 Å². The van der Waals surface area contributed by atoms with E-state index in [1.807, 2.05) is 24.3 Å². The van der Waals surface area contributed by atoms with Gasteiger partial charge >= 0.3 is 0 Å². The Labute approximate surface area is 120 Å². The average molecular weight is 290 g/mol. The maximum atomic E-state index is 12.4. The van der Waals surface area contributed by atoms with Gasteiger partial charge in [-0.2, -0.15) is 4.98 Å². The Morgan fingerprint density at radius 3 is 3.05 bits per heavy atom. The van der Waals surface area contributed by atoms with Crippen LogP contribution in [0.25, 0.3) is 0 Å². The van der Waals surface area contributed by atoms with E-state index in [2.05, 4.69) is 4.98 Å². The Kier molecular flexibility index (Phi) is 3.40. The van der Waals surface area contributed by atoms with Gasteiger partial charge in [-0.15, -0.1) is 0 Å². The molecule has 0 atom stereocenters. The normalized spacial score (nSPS) is 13.2. The van der Waals surface area contributed by atoms with E-state index < -0.39 is 0 Å². The molecule has 0 fully saturated rings. The third kappa shape index (κ3) is 2.16. The van der Waals surface area contributed by atoms with Crippen LogP contribution in [0.1, 0.15) is 11.1 Å². The summed E-state index contributed by atoms with van der Waals surface area (Å²) in [5.74, 6) is 1.34. The molecule has 0 bridgehead atoms. The fourth-order valence-electron chi connectivity index (χ4n) is 2.29. The molecule has 1 aromatic heterocycles. The third-order valence-corrected chi connectivity index (χ3v) is 4.27. The van der Waals surface area contributed by atoms with Gasteiger partial charge in [-0.3, -0.25) is 9.36 Å².